The van der Waals surface area contributed by atoms with Crippen LogP contribution in [-0.4, -0.2) is 29.4 Å². The number of fused-ring (bicyclic) bond motifs is 1. The van der Waals surface area contributed by atoms with Gasteiger partial charge in [-0.1, -0.05) is 36.5 Å². The topological polar surface area (TPSA) is 48.7 Å². The molecule has 2 aliphatic rings. The molecule has 0 aliphatic carbocycles. The van der Waals surface area contributed by atoms with Crippen molar-refractivity contribution in [1.82, 2.24) is 4.98 Å². The van der Waals surface area contributed by atoms with Gasteiger partial charge >= 0.3 is 0 Å². The molecular formula is C18H19N3OS. The summed E-state index contributed by atoms with van der Waals surface area (Å²) in [6.07, 6.45) is 6.22. The smallest absolute Gasteiger partial charge is 0.231 e. The number of para-hydroxylation sites is 1. The van der Waals surface area contributed by atoms with Gasteiger partial charge in [0, 0.05) is 30.4 Å². The molecule has 4 nitrogen and oxygen atoms in total. The van der Waals surface area contributed by atoms with E-state index in [0.29, 0.717) is 0 Å². The molecule has 1 saturated heterocycles. The van der Waals surface area contributed by atoms with Crippen molar-refractivity contribution in [1.29, 1.82) is 0 Å². The van der Waals surface area contributed by atoms with Crippen LogP contribution in [0, 0.1) is 5.92 Å². The third-order valence-electron chi connectivity index (χ3n) is 4.52. The SMILES string of the molecule is CC1CCN(c2nc(O)c(/C=C3\C=Nc4ccccc43)s2)CC1. The standard InChI is InChI=1S/C18H19N3OS/c1-12-6-8-21(9-7-12)18-20-17(22)16(23-18)10-13-11-19-15-5-3-2-4-14(13)15/h2-5,10-12,22H,6-9H2,1H3/b13-10+. The third kappa shape index (κ3) is 2.77. The fourth-order valence-corrected chi connectivity index (χ4v) is 4.00. The minimum Gasteiger partial charge on any atom is -0.492 e. The van der Waals surface area contributed by atoms with Gasteiger partial charge in [-0.3, -0.25) is 4.99 Å². The summed E-state index contributed by atoms with van der Waals surface area (Å²) < 4.78 is 0. The van der Waals surface area contributed by atoms with Crippen LogP contribution in [-0.2, 0) is 0 Å². The number of rotatable bonds is 2. The highest BCUT2D eigenvalue weighted by atomic mass is 32.1. The molecule has 5 heteroatoms. The lowest BCUT2D eigenvalue weighted by molar-refractivity contribution is 0.433. The van der Waals surface area contributed by atoms with Gasteiger partial charge in [0.05, 0.1) is 10.6 Å². The molecule has 0 unspecified atom stereocenters. The fourth-order valence-electron chi connectivity index (χ4n) is 3.04. The summed E-state index contributed by atoms with van der Waals surface area (Å²) in [7, 11) is 0. The van der Waals surface area contributed by atoms with E-state index in [9.17, 15) is 5.11 Å². The van der Waals surface area contributed by atoms with Gasteiger partial charge in [-0.05, 0) is 30.9 Å². The predicted molar refractivity (Wildman–Crippen MR) is 96.9 cm³/mol. The molecule has 1 fully saturated rings. The fraction of sp³-hybridized carbons (Fsp3) is 0.333. The van der Waals surface area contributed by atoms with Gasteiger partial charge in [0.15, 0.2) is 5.13 Å². The summed E-state index contributed by atoms with van der Waals surface area (Å²) in [6.45, 7) is 4.34. The highest BCUT2D eigenvalue weighted by Gasteiger charge is 2.21. The zero-order valence-corrected chi connectivity index (χ0v) is 13.9. The highest BCUT2D eigenvalue weighted by molar-refractivity contribution is 7.16. The van der Waals surface area contributed by atoms with E-state index in [1.54, 1.807) is 11.3 Å². The highest BCUT2D eigenvalue weighted by Crippen LogP contribution is 2.38. The summed E-state index contributed by atoms with van der Waals surface area (Å²) in [6, 6.07) is 8.05. The van der Waals surface area contributed by atoms with Gasteiger partial charge < -0.3 is 10.0 Å². The van der Waals surface area contributed by atoms with Gasteiger partial charge in [0.2, 0.25) is 5.88 Å². The van der Waals surface area contributed by atoms with E-state index in [1.165, 1.54) is 12.8 Å². The molecule has 0 atom stereocenters. The first-order valence-corrected chi connectivity index (χ1v) is 8.82. The van der Waals surface area contributed by atoms with Crippen molar-refractivity contribution in [3.8, 4) is 5.88 Å². The summed E-state index contributed by atoms with van der Waals surface area (Å²) in [4.78, 5) is 11.9. The summed E-state index contributed by atoms with van der Waals surface area (Å²) in [5.41, 5.74) is 3.11. The lowest BCUT2D eigenvalue weighted by Crippen LogP contribution is -2.32. The zero-order valence-electron chi connectivity index (χ0n) is 13.1. The number of benzene rings is 1. The lowest BCUT2D eigenvalue weighted by atomic mass is 10.00. The first kappa shape index (κ1) is 14.5. The normalized spacial score (nSPS) is 19.5. The Hall–Kier alpha value is -2.14. The van der Waals surface area contributed by atoms with Gasteiger partial charge in [0.25, 0.3) is 0 Å². The molecule has 4 rings (SSSR count). The van der Waals surface area contributed by atoms with E-state index < -0.39 is 0 Å². The Morgan fingerprint density at radius 2 is 2.04 bits per heavy atom. The van der Waals surface area contributed by atoms with Crippen molar-refractivity contribution in [3.63, 3.8) is 0 Å². The number of nitrogens with zero attached hydrogens (tertiary/aromatic N) is 3. The molecule has 23 heavy (non-hydrogen) atoms. The molecule has 2 aromatic rings. The van der Waals surface area contributed by atoms with E-state index >= 15 is 0 Å². The lowest BCUT2D eigenvalue weighted by Gasteiger charge is -2.29. The molecule has 0 bridgehead atoms. The van der Waals surface area contributed by atoms with Gasteiger partial charge in [0.1, 0.15) is 0 Å². The minimum absolute atomic E-state index is 0.119. The largest absolute Gasteiger partial charge is 0.492 e. The van der Waals surface area contributed by atoms with Crippen LogP contribution < -0.4 is 4.90 Å². The van der Waals surface area contributed by atoms with Crippen molar-refractivity contribution in [2.45, 2.75) is 19.8 Å². The Balaban J connectivity index is 1.61. The Kier molecular flexibility index (Phi) is 3.65. The summed E-state index contributed by atoms with van der Waals surface area (Å²) in [5, 5.41) is 11.1. The molecule has 3 heterocycles. The van der Waals surface area contributed by atoms with Crippen molar-refractivity contribution in [2.75, 3.05) is 18.0 Å². The number of piperidine rings is 1. The van der Waals surface area contributed by atoms with Gasteiger partial charge in [-0.25, -0.2) is 0 Å². The van der Waals surface area contributed by atoms with Crippen LogP contribution in [0.1, 0.15) is 30.2 Å². The average Bonchev–Trinajstić information content (AvgIpc) is 3.13. The van der Waals surface area contributed by atoms with E-state index in [0.717, 1.165) is 45.8 Å². The molecule has 1 aromatic heterocycles. The first-order valence-electron chi connectivity index (χ1n) is 8.00. The molecule has 1 aromatic carbocycles. The molecule has 0 amide bonds. The van der Waals surface area contributed by atoms with Crippen molar-refractivity contribution in [3.05, 3.63) is 34.7 Å². The molecular weight excluding hydrogens is 306 g/mol. The van der Waals surface area contributed by atoms with Crippen molar-refractivity contribution in [2.24, 2.45) is 10.9 Å². The molecule has 0 radical (unpaired) electrons. The number of allylic oxidation sites excluding steroid dienone is 1. The van der Waals surface area contributed by atoms with Crippen LogP contribution >= 0.6 is 11.3 Å². The summed E-state index contributed by atoms with van der Waals surface area (Å²) >= 11 is 1.56. The average molecular weight is 325 g/mol. The molecule has 1 N–H and O–H groups in total. The number of hydrogen-bond acceptors (Lipinski definition) is 5. The number of anilines is 1. The maximum absolute atomic E-state index is 10.2. The number of aromatic nitrogens is 1. The maximum atomic E-state index is 10.2. The minimum atomic E-state index is 0.119. The Bertz CT molecular complexity index is 785. The monoisotopic (exact) mass is 325 g/mol. The van der Waals surface area contributed by atoms with Gasteiger partial charge in [-0.15, -0.1) is 0 Å². The van der Waals surface area contributed by atoms with Crippen molar-refractivity contribution >= 4 is 40.0 Å². The van der Waals surface area contributed by atoms with Crippen LogP contribution in [0.4, 0.5) is 10.8 Å². The predicted octanol–water partition coefficient (Wildman–Crippen LogP) is 4.34. The van der Waals surface area contributed by atoms with E-state index in [2.05, 4.69) is 27.9 Å². The molecule has 2 aliphatic heterocycles. The van der Waals surface area contributed by atoms with E-state index in [-0.39, 0.29) is 5.88 Å². The Morgan fingerprint density at radius 3 is 2.87 bits per heavy atom. The third-order valence-corrected chi connectivity index (χ3v) is 5.57. The zero-order chi connectivity index (χ0) is 15.8. The molecule has 0 spiro atoms. The van der Waals surface area contributed by atoms with Crippen LogP contribution in [0.15, 0.2) is 29.3 Å². The second kappa shape index (κ2) is 5.81. The van der Waals surface area contributed by atoms with E-state index in [1.807, 2.05) is 30.5 Å². The molecule has 118 valence electrons. The number of aromatic hydroxyl groups is 1. The molecule has 0 saturated carbocycles. The maximum Gasteiger partial charge on any atom is 0.231 e. The Labute approximate surface area is 139 Å². The number of aliphatic imine (C=N–C) groups is 1. The number of thiazole rings is 1. The van der Waals surface area contributed by atoms with Crippen LogP contribution in [0.2, 0.25) is 0 Å². The van der Waals surface area contributed by atoms with Crippen LogP contribution in [0.25, 0.3) is 11.6 Å². The van der Waals surface area contributed by atoms with Crippen LogP contribution in [0.5, 0.6) is 5.88 Å². The van der Waals surface area contributed by atoms with Crippen LogP contribution in [0.3, 0.4) is 0 Å². The quantitative estimate of drug-likeness (QED) is 0.893. The second-order valence-electron chi connectivity index (χ2n) is 6.23. The van der Waals surface area contributed by atoms with Crippen molar-refractivity contribution < 1.29 is 5.11 Å². The van der Waals surface area contributed by atoms with E-state index in [4.69, 9.17) is 0 Å². The Morgan fingerprint density at radius 1 is 1.26 bits per heavy atom. The second-order valence-corrected chi connectivity index (χ2v) is 7.24. The summed E-state index contributed by atoms with van der Waals surface area (Å²) in [5.74, 6) is 0.904. The first-order chi connectivity index (χ1) is 11.2. The van der Waals surface area contributed by atoms with Gasteiger partial charge in [-0.2, -0.15) is 4.98 Å². The number of hydrogen-bond donors (Lipinski definition) is 1.